The van der Waals surface area contributed by atoms with E-state index in [9.17, 15) is 0 Å². The van der Waals surface area contributed by atoms with Crippen molar-refractivity contribution in [3.8, 4) is 0 Å². The van der Waals surface area contributed by atoms with Crippen LogP contribution in [0.15, 0.2) is 59.8 Å². The van der Waals surface area contributed by atoms with Gasteiger partial charge < -0.3 is 4.57 Å². The molecule has 90 valence electrons. The molecule has 0 spiro atoms. The lowest BCUT2D eigenvalue weighted by molar-refractivity contribution is 0.654. The van der Waals surface area contributed by atoms with Crippen molar-refractivity contribution in [1.82, 2.24) is 9.55 Å². The van der Waals surface area contributed by atoms with E-state index in [-0.39, 0.29) is 0 Å². The third kappa shape index (κ3) is 2.14. The molecule has 0 saturated carbocycles. The van der Waals surface area contributed by atoms with Gasteiger partial charge in [0, 0.05) is 6.54 Å². The summed E-state index contributed by atoms with van der Waals surface area (Å²) in [6.45, 7) is 0.906. The second kappa shape index (κ2) is 4.86. The van der Waals surface area contributed by atoms with Crippen molar-refractivity contribution in [3.63, 3.8) is 0 Å². The van der Waals surface area contributed by atoms with Crippen LogP contribution in [-0.2, 0) is 13.0 Å². The molecule has 0 aliphatic heterocycles. The molecule has 0 atom stereocenters. The summed E-state index contributed by atoms with van der Waals surface area (Å²) in [4.78, 5) is 4.45. The van der Waals surface area contributed by atoms with Crippen molar-refractivity contribution in [2.24, 2.45) is 0 Å². The van der Waals surface area contributed by atoms with E-state index in [1.165, 1.54) is 5.56 Å². The zero-order valence-electron chi connectivity index (χ0n) is 9.95. The minimum atomic E-state index is 0.784. The van der Waals surface area contributed by atoms with Gasteiger partial charge in [0.15, 0.2) is 5.16 Å². The predicted molar refractivity (Wildman–Crippen MR) is 77.1 cm³/mol. The number of benzene rings is 2. The molecule has 0 aliphatic carbocycles. The number of rotatable bonds is 3. The lowest BCUT2D eigenvalue weighted by Crippen LogP contribution is -2.01. The number of aromatic nitrogens is 2. The zero-order chi connectivity index (χ0) is 12.4. The second-order valence-corrected chi connectivity index (χ2v) is 4.69. The van der Waals surface area contributed by atoms with Crippen molar-refractivity contribution in [2.45, 2.75) is 18.1 Å². The van der Waals surface area contributed by atoms with Crippen LogP contribution in [-0.4, -0.2) is 9.55 Å². The molecule has 1 aromatic heterocycles. The van der Waals surface area contributed by atoms with Crippen molar-refractivity contribution < 1.29 is 0 Å². The van der Waals surface area contributed by atoms with E-state index in [1.54, 1.807) is 0 Å². The van der Waals surface area contributed by atoms with Gasteiger partial charge in [0.2, 0.25) is 0 Å². The summed E-state index contributed by atoms with van der Waals surface area (Å²) in [6.07, 6.45) is 0.995. The number of nitrogens with zero attached hydrogens (tertiary/aromatic N) is 2. The first kappa shape index (κ1) is 11.4. The minimum absolute atomic E-state index is 0.784. The van der Waals surface area contributed by atoms with E-state index in [0.29, 0.717) is 0 Å². The van der Waals surface area contributed by atoms with Crippen LogP contribution in [0.5, 0.6) is 0 Å². The molecule has 3 rings (SSSR count). The summed E-state index contributed by atoms with van der Waals surface area (Å²) in [7, 11) is 0. The van der Waals surface area contributed by atoms with Gasteiger partial charge in [-0.15, -0.1) is 12.6 Å². The van der Waals surface area contributed by atoms with Crippen LogP contribution in [0.3, 0.4) is 0 Å². The van der Waals surface area contributed by atoms with E-state index in [0.717, 1.165) is 29.2 Å². The van der Waals surface area contributed by atoms with Crippen LogP contribution in [0.25, 0.3) is 11.0 Å². The number of para-hydroxylation sites is 2. The number of hydrogen-bond donors (Lipinski definition) is 1. The first-order chi connectivity index (χ1) is 8.84. The highest BCUT2D eigenvalue weighted by Crippen LogP contribution is 2.18. The Morgan fingerprint density at radius 2 is 1.67 bits per heavy atom. The molecule has 0 bridgehead atoms. The van der Waals surface area contributed by atoms with Gasteiger partial charge in [-0.3, -0.25) is 0 Å². The predicted octanol–water partition coefficient (Wildman–Crippen LogP) is 3.57. The lowest BCUT2D eigenvalue weighted by Gasteiger charge is -2.06. The topological polar surface area (TPSA) is 17.8 Å². The molecule has 1 heterocycles. The minimum Gasteiger partial charge on any atom is -0.319 e. The van der Waals surface area contributed by atoms with Crippen LogP contribution in [0.1, 0.15) is 5.56 Å². The highest BCUT2D eigenvalue weighted by molar-refractivity contribution is 7.80. The first-order valence-electron chi connectivity index (χ1n) is 6.03. The smallest absolute Gasteiger partial charge is 0.165 e. The fraction of sp³-hybridized carbons (Fsp3) is 0.133. The summed E-state index contributed by atoms with van der Waals surface area (Å²) >= 11 is 4.45. The first-order valence-corrected chi connectivity index (χ1v) is 6.47. The van der Waals surface area contributed by atoms with Gasteiger partial charge in [-0.05, 0) is 24.1 Å². The average molecular weight is 254 g/mol. The fourth-order valence-corrected chi connectivity index (χ4v) is 2.48. The van der Waals surface area contributed by atoms with Crippen molar-refractivity contribution in [2.75, 3.05) is 0 Å². The monoisotopic (exact) mass is 254 g/mol. The molecule has 3 aromatic rings. The number of thiol groups is 1. The molecule has 0 amide bonds. The number of hydrogen-bond acceptors (Lipinski definition) is 2. The Hall–Kier alpha value is -1.74. The average Bonchev–Trinajstić information content (AvgIpc) is 2.73. The maximum absolute atomic E-state index is 4.45. The Morgan fingerprint density at radius 3 is 2.50 bits per heavy atom. The Kier molecular flexibility index (Phi) is 3.07. The SMILES string of the molecule is Sc1nc2ccccc2n1CCc1ccccc1. The van der Waals surface area contributed by atoms with Crippen molar-refractivity contribution in [3.05, 3.63) is 60.2 Å². The Bertz CT molecular complexity index is 659. The third-order valence-corrected chi connectivity index (χ3v) is 3.44. The maximum Gasteiger partial charge on any atom is 0.165 e. The number of aryl methyl sites for hydroxylation is 2. The fourth-order valence-electron chi connectivity index (χ4n) is 2.17. The van der Waals surface area contributed by atoms with E-state index in [2.05, 4.69) is 52.5 Å². The number of imidazole rings is 1. The molecule has 18 heavy (non-hydrogen) atoms. The van der Waals surface area contributed by atoms with E-state index < -0.39 is 0 Å². The largest absolute Gasteiger partial charge is 0.319 e. The van der Waals surface area contributed by atoms with Gasteiger partial charge in [0.25, 0.3) is 0 Å². The van der Waals surface area contributed by atoms with E-state index >= 15 is 0 Å². The van der Waals surface area contributed by atoms with Gasteiger partial charge in [0.05, 0.1) is 11.0 Å². The van der Waals surface area contributed by atoms with E-state index in [1.807, 2.05) is 24.3 Å². The summed E-state index contributed by atoms with van der Waals surface area (Å²) in [5, 5.41) is 0.784. The molecule has 0 radical (unpaired) electrons. The molecular weight excluding hydrogens is 240 g/mol. The third-order valence-electron chi connectivity index (χ3n) is 3.10. The molecular formula is C15H14N2S. The van der Waals surface area contributed by atoms with Gasteiger partial charge in [-0.2, -0.15) is 0 Å². The quantitative estimate of drug-likeness (QED) is 0.707. The van der Waals surface area contributed by atoms with Gasteiger partial charge >= 0.3 is 0 Å². The van der Waals surface area contributed by atoms with Crippen LogP contribution < -0.4 is 0 Å². The molecule has 3 heteroatoms. The summed E-state index contributed by atoms with van der Waals surface area (Å²) in [5.74, 6) is 0. The van der Waals surface area contributed by atoms with Crippen LogP contribution >= 0.6 is 12.6 Å². The second-order valence-electron chi connectivity index (χ2n) is 4.29. The Morgan fingerprint density at radius 1 is 0.944 bits per heavy atom. The standard InChI is InChI=1S/C15H14N2S/c18-15-16-13-8-4-5-9-14(13)17(15)11-10-12-6-2-1-3-7-12/h1-9H,10-11H2,(H,16,18). The molecule has 0 unspecified atom stereocenters. The van der Waals surface area contributed by atoms with Crippen LogP contribution in [0.2, 0.25) is 0 Å². The molecule has 2 aromatic carbocycles. The highest BCUT2D eigenvalue weighted by atomic mass is 32.1. The highest BCUT2D eigenvalue weighted by Gasteiger charge is 2.06. The lowest BCUT2D eigenvalue weighted by atomic mass is 10.1. The normalized spacial score (nSPS) is 10.9. The van der Waals surface area contributed by atoms with Gasteiger partial charge in [-0.25, -0.2) is 4.98 Å². The molecule has 2 nitrogen and oxygen atoms in total. The summed E-state index contributed by atoms with van der Waals surface area (Å²) < 4.78 is 2.16. The van der Waals surface area contributed by atoms with Crippen LogP contribution in [0.4, 0.5) is 0 Å². The summed E-state index contributed by atoms with van der Waals surface area (Å²) in [6, 6.07) is 18.6. The Balaban J connectivity index is 1.89. The van der Waals surface area contributed by atoms with Crippen LogP contribution in [0, 0.1) is 0 Å². The number of fused-ring (bicyclic) bond motifs is 1. The summed E-state index contributed by atoms with van der Waals surface area (Å²) in [5.41, 5.74) is 3.50. The zero-order valence-corrected chi connectivity index (χ0v) is 10.8. The molecule has 0 saturated heterocycles. The van der Waals surface area contributed by atoms with Gasteiger partial charge in [0.1, 0.15) is 0 Å². The molecule has 0 aliphatic rings. The van der Waals surface area contributed by atoms with E-state index in [4.69, 9.17) is 0 Å². The Labute approximate surface area is 112 Å². The van der Waals surface area contributed by atoms with Crippen molar-refractivity contribution in [1.29, 1.82) is 0 Å². The van der Waals surface area contributed by atoms with Gasteiger partial charge in [-0.1, -0.05) is 42.5 Å². The maximum atomic E-state index is 4.45. The molecule has 0 fully saturated rings. The van der Waals surface area contributed by atoms with Crippen molar-refractivity contribution >= 4 is 23.7 Å². The molecule has 0 N–H and O–H groups in total.